The molecular weight excluding hydrogens is 875 g/mol. The molecule has 0 fully saturated rings. The molecule has 0 nitrogen and oxygen atoms in total. The van der Waals surface area contributed by atoms with Crippen LogP contribution in [0.4, 0.5) is 74.6 Å². The first-order valence-corrected chi connectivity index (χ1v) is 20.3. The van der Waals surface area contributed by atoms with Crippen LogP contribution in [0.25, 0.3) is 33.4 Å². The molecule has 0 saturated carbocycles. The maximum absolute atomic E-state index is 14.7. The van der Waals surface area contributed by atoms with E-state index >= 15 is 0 Å². The normalized spacial score (nSPS) is 15.1. The minimum atomic E-state index is -8.63. The lowest BCUT2D eigenvalue weighted by Crippen LogP contribution is -2.74. The van der Waals surface area contributed by atoms with E-state index in [0.717, 1.165) is 76.6 Å². The zero-order valence-corrected chi connectivity index (χ0v) is 33.6. The Morgan fingerprint density at radius 1 is 0.365 bits per heavy atom. The Balaban J connectivity index is 1.40. The third-order valence-electron chi connectivity index (χ3n) is 11.9. The zero-order chi connectivity index (χ0) is 46.9. The highest BCUT2D eigenvalue weighted by atomic mass is 19.4. The molecule has 4 aromatic rings. The van der Waals surface area contributed by atoms with Crippen LogP contribution in [0.15, 0.2) is 97.1 Å². The van der Waals surface area contributed by atoms with E-state index in [9.17, 15) is 74.6 Å². The summed E-state index contributed by atoms with van der Waals surface area (Å²) in [4.78, 5) is 0. The highest BCUT2D eigenvalue weighted by Gasteiger charge is 2.95. The van der Waals surface area contributed by atoms with Gasteiger partial charge in [0.2, 0.25) is 0 Å². The summed E-state index contributed by atoms with van der Waals surface area (Å²) in [5, 5.41) is 0. The second-order valence-electron chi connectivity index (χ2n) is 16.1. The van der Waals surface area contributed by atoms with E-state index in [4.69, 9.17) is 0 Å². The maximum Gasteiger partial charge on any atom is 0.460 e. The molecule has 0 N–H and O–H groups in total. The predicted octanol–water partition coefficient (Wildman–Crippen LogP) is 17.0. The Kier molecular flexibility index (Phi) is 14.1. The molecule has 4 aromatic carbocycles. The average Bonchev–Trinajstić information content (AvgIpc) is 3.49. The standard InChI is InChI=1S/C46H43F17/c1-2-3-4-5-14-25-38(36-28-32(30-17-10-8-11-18-30)21-23-34(36)35-24-22-33(29-37(35)38)31-19-12-9-13-20-31)26-15-6-7-16-27-39(47,48)40(49,50)41(51,52)42(53,54)43(55,56)44(57,58)45(59,60)46(61,62)63/h8-13,17-24,28-29H,2-7,14-16,25-27H2,1H3. The molecule has 0 aliphatic heterocycles. The first-order valence-electron chi connectivity index (χ1n) is 20.3. The topological polar surface area (TPSA) is 0 Å². The van der Waals surface area contributed by atoms with E-state index in [1.165, 1.54) is 0 Å². The van der Waals surface area contributed by atoms with E-state index in [2.05, 4.69) is 19.1 Å². The number of hydrogen-bond acceptors (Lipinski definition) is 0. The van der Waals surface area contributed by atoms with Crippen molar-refractivity contribution in [3.8, 4) is 33.4 Å². The number of fused-ring (bicyclic) bond motifs is 3. The lowest BCUT2D eigenvalue weighted by atomic mass is 9.70. The Bertz CT molecular complexity index is 2050. The fraction of sp³-hybridized carbons (Fsp3) is 0.478. The van der Waals surface area contributed by atoms with Gasteiger partial charge >= 0.3 is 47.6 Å². The van der Waals surface area contributed by atoms with Crippen molar-refractivity contribution < 1.29 is 74.6 Å². The molecule has 1 aliphatic carbocycles. The maximum atomic E-state index is 14.7. The minimum Gasteiger partial charge on any atom is -0.200 e. The molecule has 5 rings (SSSR count). The van der Waals surface area contributed by atoms with Crippen molar-refractivity contribution in [3.05, 3.63) is 108 Å². The number of alkyl halides is 17. The fourth-order valence-electron chi connectivity index (χ4n) is 8.29. The Labute approximate surface area is 352 Å². The van der Waals surface area contributed by atoms with Gasteiger partial charge in [0.05, 0.1) is 0 Å². The molecule has 17 heteroatoms. The van der Waals surface area contributed by atoms with E-state index in [0.29, 0.717) is 12.8 Å². The van der Waals surface area contributed by atoms with Gasteiger partial charge in [-0.1, -0.05) is 143 Å². The molecule has 0 radical (unpaired) electrons. The highest BCUT2D eigenvalue weighted by molar-refractivity contribution is 5.86. The van der Waals surface area contributed by atoms with Crippen molar-refractivity contribution >= 4 is 0 Å². The van der Waals surface area contributed by atoms with Gasteiger partial charge in [0.25, 0.3) is 0 Å². The number of rotatable bonds is 21. The fourth-order valence-corrected chi connectivity index (χ4v) is 8.29. The van der Waals surface area contributed by atoms with Crippen molar-refractivity contribution in [1.29, 1.82) is 0 Å². The van der Waals surface area contributed by atoms with Crippen LogP contribution < -0.4 is 0 Å². The van der Waals surface area contributed by atoms with Gasteiger partial charge in [-0.15, -0.1) is 0 Å². The SMILES string of the molecule is CCCCCCCC1(CCCCCCC(F)(F)C(F)(F)C(F)(F)C(F)(F)C(F)(F)C(F)(F)C(F)(F)C(F)(F)F)c2cc(-c3ccccc3)ccc2-c2ccc(-c3ccccc3)cc21. The molecular formula is C46H43F17. The van der Waals surface area contributed by atoms with Gasteiger partial charge in [-0.2, -0.15) is 74.6 Å². The van der Waals surface area contributed by atoms with Crippen LogP contribution in [-0.2, 0) is 5.41 Å². The molecule has 1 aliphatic rings. The third kappa shape index (κ3) is 8.67. The van der Waals surface area contributed by atoms with Crippen molar-refractivity contribution in [1.82, 2.24) is 0 Å². The molecule has 0 bridgehead atoms. The number of halogens is 17. The lowest BCUT2D eigenvalue weighted by molar-refractivity contribution is -0.461. The van der Waals surface area contributed by atoms with Crippen LogP contribution in [0.1, 0.15) is 95.1 Å². The van der Waals surface area contributed by atoms with Gasteiger partial charge < -0.3 is 0 Å². The molecule has 63 heavy (non-hydrogen) atoms. The first kappa shape index (κ1) is 49.7. The van der Waals surface area contributed by atoms with E-state index < -0.39 is 72.3 Å². The van der Waals surface area contributed by atoms with Gasteiger partial charge in [0.1, 0.15) is 0 Å². The summed E-state index contributed by atoms with van der Waals surface area (Å²) in [7, 11) is 0. The molecule has 0 spiro atoms. The predicted molar refractivity (Wildman–Crippen MR) is 205 cm³/mol. The number of benzene rings is 4. The summed E-state index contributed by atoms with van der Waals surface area (Å²) in [5.41, 5.74) is 6.82. The molecule has 0 atom stereocenters. The number of unbranched alkanes of at least 4 members (excludes halogenated alkanes) is 7. The summed E-state index contributed by atoms with van der Waals surface area (Å²) in [6.45, 7) is 2.06. The minimum absolute atomic E-state index is 0.0377. The number of hydrogen-bond donors (Lipinski definition) is 0. The second-order valence-corrected chi connectivity index (χ2v) is 16.1. The Morgan fingerprint density at radius 3 is 1.13 bits per heavy atom. The zero-order valence-electron chi connectivity index (χ0n) is 33.6. The first-order chi connectivity index (χ1) is 29.2. The van der Waals surface area contributed by atoms with Gasteiger partial charge in [-0.3, -0.25) is 0 Å². The van der Waals surface area contributed by atoms with E-state index in [-0.39, 0.29) is 12.8 Å². The Hall–Kier alpha value is -4.31. The monoisotopic (exact) mass is 918 g/mol. The summed E-state index contributed by atoms with van der Waals surface area (Å²) < 4.78 is 235. The summed E-state index contributed by atoms with van der Waals surface area (Å²) in [6.07, 6.45) is -6.04. The van der Waals surface area contributed by atoms with Crippen molar-refractivity contribution in [3.63, 3.8) is 0 Å². The average molecular weight is 919 g/mol. The van der Waals surface area contributed by atoms with Crippen LogP contribution in [0.3, 0.4) is 0 Å². The van der Waals surface area contributed by atoms with Gasteiger partial charge in [-0.05, 0) is 75.9 Å². The lowest BCUT2D eigenvalue weighted by Gasteiger charge is -2.42. The van der Waals surface area contributed by atoms with Gasteiger partial charge in [0, 0.05) is 11.8 Å². The van der Waals surface area contributed by atoms with Crippen molar-refractivity contribution in [2.24, 2.45) is 0 Å². The summed E-state index contributed by atoms with van der Waals surface area (Å²) in [6, 6.07) is 31.2. The molecule has 0 amide bonds. The Morgan fingerprint density at radius 2 is 0.730 bits per heavy atom. The quantitative estimate of drug-likeness (QED) is 0.0577. The largest absolute Gasteiger partial charge is 0.460 e. The van der Waals surface area contributed by atoms with Crippen LogP contribution >= 0.6 is 0 Å². The van der Waals surface area contributed by atoms with E-state index in [1.807, 2.05) is 84.9 Å². The van der Waals surface area contributed by atoms with E-state index in [1.54, 1.807) is 0 Å². The molecule has 0 unspecified atom stereocenters. The van der Waals surface area contributed by atoms with Crippen molar-refractivity contribution in [2.45, 2.75) is 137 Å². The second kappa shape index (κ2) is 17.9. The van der Waals surface area contributed by atoms with Crippen LogP contribution in [0, 0.1) is 0 Å². The van der Waals surface area contributed by atoms with Crippen LogP contribution in [0.2, 0.25) is 0 Å². The van der Waals surface area contributed by atoms with Crippen LogP contribution in [0.5, 0.6) is 0 Å². The molecule has 0 heterocycles. The summed E-state index contributed by atoms with van der Waals surface area (Å²) >= 11 is 0. The molecule has 346 valence electrons. The van der Waals surface area contributed by atoms with Gasteiger partial charge in [0.15, 0.2) is 0 Å². The molecule has 0 aromatic heterocycles. The highest BCUT2D eigenvalue weighted by Crippen LogP contribution is 2.64. The summed E-state index contributed by atoms with van der Waals surface area (Å²) in [5.74, 6) is -56.2. The van der Waals surface area contributed by atoms with Crippen molar-refractivity contribution in [2.75, 3.05) is 0 Å². The third-order valence-corrected chi connectivity index (χ3v) is 11.9. The smallest absolute Gasteiger partial charge is 0.200 e. The van der Waals surface area contributed by atoms with Gasteiger partial charge in [-0.25, -0.2) is 0 Å². The van der Waals surface area contributed by atoms with Crippen LogP contribution in [-0.4, -0.2) is 47.6 Å². The molecule has 0 saturated heterocycles.